The van der Waals surface area contributed by atoms with Gasteiger partial charge in [-0.15, -0.1) is 0 Å². The molecular formula is C7H15NO3. The summed E-state index contributed by atoms with van der Waals surface area (Å²) in [5, 5.41) is 19.8. The van der Waals surface area contributed by atoms with E-state index in [2.05, 4.69) is 5.32 Å². The summed E-state index contributed by atoms with van der Waals surface area (Å²) in [5.74, 6) is 0. The predicted molar refractivity (Wildman–Crippen MR) is 40.1 cm³/mol. The van der Waals surface area contributed by atoms with E-state index in [1.807, 2.05) is 0 Å². The first kappa shape index (κ1) is 8.93. The Hall–Kier alpha value is -0.160. The summed E-state index contributed by atoms with van der Waals surface area (Å²) in [6.07, 6.45) is 1.37. The third-order valence-electron chi connectivity index (χ3n) is 1.61. The molecule has 1 unspecified atom stereocenters. The number of ether oxygens (including phenoxy) is 1. The van der Waals surface area contributed by atoms with E-state index in [1.54, 1.807) is 0 Å². The molecule has 1 aliphatic heterocycles. The van der Waals surface area contributed by atoms with E-state index in [-0.39, 0.29) is 6.54 Å². The van der Waals surface area contributed by atoms with Crippen molar-refractivity contribution in [3.63, 3.8) is 0 Å². The van der Waals surface area contributed by atoms with Gasteiger partial charge in [-0.2, -0.15) is 0 Å². The van der Waals surface area contributed by atoms with Crippen molar-refractivity contribution in [2.24, 2.45) is 0 Å². The first-order valence-corrected chi connectivity index (χ1v) is 3.97. The number of nitrogens with one attached hydrogen (secondary N) is 1. The minimum Gasteiger partial charge on any atom is -0.373 e. The maximum absolute atomic E-state index is 8.44. The van der Waals surface area contributed by atoms with E-state index in [0.29, 0.717) is 6.10 Å². The van der Waals surface area contributed by atoms with Gasteiger partial charge in [-0.25, -0.2) is 0 Å². The van der Waals surface area contributed by atoms with Crippen LogP contribution in [0, 0.1) is 0 Å². The van der Waals surface area contributed by atoms with E-state index in [4.69, 9.17) is 14.9 Å². The van der Waals surface area contributed by atoms with Crippen molar-refractivity contribution in [1.29, 1.82) is 0 Å². The average molecular weight is 161 g/mol. The molecule has 1 heterocycles. The van der Waals surface area contributed by atoms with E-state index in [9.17, 15) is 0 Å². The third kappa shape index (κ3) is 5.15. The summed E-state index contributed by atoms with van der Waals surface area (Å²) in [6, 6.07) is 0. The van der Waals surface area contributed by atoms with E-state index < -0.39 is 6.29 Å². The quantitative estimate of drug-likeness (QED) is 0.267. The summed E-state index contributed by atoms with van der Waals surface area (Å²) in [7, 11) is 0. The molecule has 11 heavy (non-hydrogen) atoms. The maximum atomic E-state index is 8.44. The molecular weight excluding hydrogens is 146 g/mol. The lowest BCUT2D eigenvalue weighted by atomic mass is 10.2. The van der Waals surface area contributed by atoms with Crippen molar-refractivity contribution in [1.82, 2.24) is 5.32 Å². The lowest BCUT2D eigenvalue weighted by Gasteiger charge is -2.04. The molecule has 66 valence electrons. The number of aliphatic hydroxyl groups excluding tert-OH is 1. The topological polar surface area (TPSA) is 65.0 Å². The van der Waals surface area contributed by atoms with Gasteiger partial charge in [0.1, 0.15) is 0 Å². The fraction of sp³-hybridized carbons (Fsp3) is 1.00. The zero-order chi connectivity index (χ0) is 8.10. The van der Waals surface area contributed by atoms with Crippen molar-refractivity contribution in [3.8, 4) is 0 Å². The fourth-order valence-corrected chi connectivity index (χ4v) is 0.921. The summed E-state index contributed by atoms with van der Waals surface area (Å²) in [6.45, 7) is 1.99. The van der Waals surface area contributed by atoms with Gasteiger partial charge in [-0.1, -0.05) is 0 Å². The van der Waals surface area contributed by atoms with E-state index in [0.717, 1.165) is 26.0 Å². The van der Waals surface area contributed by atoms with Crippen LogP contribution in [0.4, 0.5) is 0 Å². The molecule has 0 radical (unpaired) electrons. The van der Waals surface area contributed by atoms with Gasteiger partial charge in [0.15, 0.2) is 6.29 Å². The zero-order valence-corrected chi connectivity index (χ0v) is 6.49. The number of rotatable bonds is 6. The largest absolute Gasteiger partial charge is 0.373 e. The Labute approximate surface area is 66.2 Å². The second-order valence-electron chi connectivity index (χ2n) is 2.78. The number of epoxide rings is 1. The first-order valence-electron chi connectivity index (χ1n) is 3.97. The van der Waals surface area contributed by atoms with Crippen LogP contribution in [-0.2, 0) is 4.74 Å². The highest BCUT2D eigenvalue weighted by molar-refractivity contribution is 4.68. The molecule has 1 atom stereocenters. The Morgan fingerprint density at radius 3 is 2.82 bits per heavy atom. The van der Waals surface area contributed by atoms with Gasteiger partial charge in [0.25, 0.3) is 0 Å². The molecule has 1 rings (SSSR count). The van der Waals surface area contributed by atoms with Crippen molar-refractivity contribution in [2.75, 3.05) is 19.7 Å². The fourth-order valence-electron chi connectivity index (χ4n) is 0.921. The van der Waals surface area contributed by atoms with Crippen LogP contribution in [0.15, 0.2) is 0 Å². The summed E-state index contributed by atoms with van der Waals surface area (Å²) in [5.41, 5.74) is 0. The van der Waals surface area contributed by atoms with Crippen LogP contribution in [-0.4, -0.2) is 42.3 Å². The van der Waals surface area contributed by atoms with Crippen LogP contribution >= 0.6 is 0 Å². The van der Waals surface area contributed by atoms with Crippen LogP contribution in [0.2, 0.25) is 0 Å². The highest BCUT2D eigenvalue weighted by Gasteiger charge is 2.20. The highest BCUT2D eigenvalue weighted by Crippen LogP contribution is 2.14. The molecule has 0 spiro atoms. The zero-order valence-electron chi connectivity index (χ0n) is 6.49. The van der Waals surface area contributed by atoms with E-state index in [1.165, 1.54) is 0 Å². The lowest BCUT2D eigenvalue weighted by Crippen LogP contribution is -2.27. The molecule has 0 bridgehead atoms. The standard InChI is InChI=1S/C7H15NO3/c9-7(10)4-8-3-1-2-6-5-11-6/h6-10H,1-5H2. The smallest absolute Gasteiger partial charge is 0.164 e. The maximum Gasteiger partial charge on any atom is 0.164 e. The minimum absolute atomic E-state index is 0.255. The van der Waals surface area contributed by atoms with Gasteiger partial charge in [0.2, 0.25) is 0 Å². The summed E-state index contributed by atoms with van der Waals surface area (Å²) >= 11 is 0. The van der Waals surface area contributed by atoms with Gasteiger partial charge in [-0.05, 0) is 19.4 Å². The molecule has 1 saturated heterocycles. The van der Waals surface area contributed by atoms with Crippen LogP contribution in [0.3, 0.4) is 0 Å². The van der Waals surface area contributed by atoms with Gasteiger partial charge >= 0.3 is 0 Å². The molecule has 3 N–H and O–H groups in total. The molecule has 1 aliphatic rings. The Morgan fingerprint density at radius 2 is 2.27 bits per heavy atom. The van der Waals surface area contributed by atoms with Gasteiger partial charge in [0.05, 0.1) is 12.7 Å². The molecule has 4 nitrogen and oxygen atoms in total. The van der Waals surface area contributed by atoms with Crippen LogP contribution < -0.4 is 5.32 Å². The average Bonchev–Trinajstić information content (AvgIpc) is 2.70. The number of aliphatic hydroxyl groups is 2. The van der Waals surface area contributed by atoms with Gasteiger partial charge in [0, 0.05) is 6.54 Å². The number of hydrogen-bond donors (Lipinski definition) is 3. The van der Waals surface area contributed by atoms with Crippen molar-refractivity contribution >= 4 is 0 Å². The molecule has 4 heteroatoms. The van der Waals surface area contributed by atoms with Gasteiger partial charge in [-0.3, -0.25) is 0 Å². The monoisotopic (exact) mass is 161 g/mol. The van der Waals surface area contributed by atoms with Crippen LogP contribution in [0.5, 0.6) is 0 Å². The molecule has 1 fully saturated rings. The highest BCUT2D eigenvalue weighted by atomic mass is 16.6. The third-order valence-corrected chi connectivity index (χ3v) is 1.61. The Bertz CT molecular complexity index is 99.9. The second-order valence-corrected chi connectivity index (χ2v) is 2.78. The van der Waals surface area contributed by atoms with Crippen molar-refractivity contribution in [3.05, 3.63) is 0 Å². The molecule has 0 aromatic rings. The Balaban J connectivity index is 1.73. The van der Waals surface area contributed by atoms with E-state index >= 15 is 0 Å². The number of hydrogen-bond acceptors (Lipinski definition) is 4. The minimum atomic E-state index is -1.23. The molecule has 0 aliphatic carbocycles. The first-order chi connectivity index (χ1) is 5.29. The lowest BCUT2D eigenvalue weighted by molar-refractivity contribution is -0.0370. The Kier molecular flexibility index (Phi) is 3.79. The summed E-state index contributed by atoms with van der Waals surface area (Å²) in [4.78, 5) is 0. The summed E-state index contributed by atoms with van der Waals surface area (Å²) < 4.78 is 5.01. The SMILES string of the molecule is OC(O)CNCCCC1CO1. The molecule has 0 saturated carbocycles. The van der Waals surface area contributed by atoms with Crippen molar-refractivity contribution in [2.45, 2.75) is 25.2 Å². The molecule has 0 amide bonds. The molecule has 0 aromatic heterocycles. The van der Waals surface area contributed by atoms with Crippen LogP contribution in [0.1, 0.15) is 12.8 Å². The van der Waals surface area contributed by atoms with Crippen molar-refractivity contribution < 1.29 is 14.9 Å². The van der Waals surface area contributed by atoms with Crippen LogP contribution in [0.25, 0.3) is 0 Å². The Morgan fingerprint density at radius 1 is 1.55 bits per heavy atom. The second kappa shape index (κ2) is 4.66. The molecule has 0 aromatic carbocycles. The normalized spacial score (nSPS) is 22.6. The predicted octanol–water partition coefficient (Wildman–Crippen LogP) is -0.934. The van der Waals surface area contributed by atoms with Gasteiger partial charge < -0.3 is 20.3 Å².